The van der Waals surface area contributed by atoms with Crippen LogP contribution in [0.5, 0.6) is 0 Å². The molecule has 0 atom stereocenters. The highest BCUT2D eigenvalue weighted by Gasteiger charge is 2.17. The average Bonchev–Trinajstić information content (AvgIpc) is 2.93. The number of fused-ring (bicyclic) bond motifs is 1. The first-order valence-electron chi connectivity index (χ1n) is 8.40. The maximum Gasteiger partial charge on any atom is 0.0400 e. The third kappa shape index (κ3) is 3.42. The van der Waals surface area contributed by atoms with Gasteiger partial charge in [0.2, 0.25) is 0 Å². The summed E-state index contributed by atoms with van der Waals surface area (Å²) in [4.78, 5) is 1.54. The second-order valence-corrected chi connectivity index (χ2v) is 7.82. The zero-order chi connectivity index (χ0) is 16.4. The van der Waals surface area contributed by atoms with Crippen LogP contribution in [0.15, 0.2) is 48.5 Å². The summed E-state index contributed by atoms with van der Waals surface area (Å²) >= 11 is 1.96. The lowest BCUT2D eigenvalue weighted by Gasteiger charge is -2.12. The van der Waals surface area contributed by atoms with E-state index in [1.54, 1.807) is 0 Å². The lowest BCUT2D eigenvalue weighted by atomic mass is 9.95. The Kier molecular flexibility index (Phi) is 4.72. The molecule has 0 fully saturated rings. The molecule has 2 aromatic carbocycles. The van der Waals surface area contributed by atoms with E-state index in [4.69, 9.17) is 0 Å². The second-order valence-electron chi connectivity index (χ2n) is 6.74. The molecular formula is C21H25NS. The number of benzene rings is 2. The Bertz CT molecular complexity index is 784. The largest absolute Gasteiger partial charge is 0.381 e. The van der Waals surface area contributed by atoms with E-state index in [9.17, 15) is 0 Å². The molecule has 0 bridgehead atoms. The van der Waals surface area contributed by atoms with Gasteiger partial charge in [0, 0.05) is 21.8 Å². The normalized spacial score (nSPS) is 11.6. The number of hydrogen-bond donors (Lipinski definition) is 1. The second kappa shape index (κ2) is 6.76. The van der Waals surface area contributed by atoms with Crippen molar-refractivity contribution in [1.29, 1.82) is 0 Å². The summed E-state index contributed by atoms with van der Waals surface area (Å²) in [5.41, 5.74) is 4.05. The van der Waals surface area contributed by atoms with Crippen LogP contribution in [-0.2, 0) is 6.54 Å². The number of anilines is 1. The molecule has 0 aliphatic heterocycles. The van der Waals surface area contributed by atoms with Crippen molar-refractivity contribution in [2.24, 2.45) is 0 Å². The highest BCUT2D eigenvalue weighted by Crippen LogP contribution is 2.41. The van der Waals surface area contributed by atoms with Crippen LogP contribution < -0.4 is 5.32 Å². The Hall–Kier alpha value is -1.80. The minimum atomic E-state index is 0.561. The van der Waals surface area contributed by atoms with Crippen LogP contribution >= 0.6 is 11.3 Å². The predicted molar refractivity (Wildman–Crippen MR) is 104 cm³/mol. The van der Waals surface area contributed by atoms with Crippen molar-refractivity contribution in [3.63, 3.8) is 0 Å². The molecule has 0 aliphatic carbocycles. The number of thiophene rings is 1. The monoisotopic (exact) mass is 323 g/mol. The van der Waals surface area contributed by atoms with Crippen molar-refractivity contribution in [2.75, 3.05) is 5.32 Å². The summed E-state index contributed by atoms with van der Waals surface area (Å²) in [5.74, 6) is 1.15. The first-order chi connectivity index (χ1) is 11.1. The van der Waals surface area contributed by atoms with Crippen LogP contribution in [0.4, 0.5) is 5.69 Å². The summed E-state index contributed by atoms with van der Waals surface area (Å²) in [5, 5.41) is 4.99. The fourth-order valence-corrected chi connectivity index (χ4v) is 4.41. The Balaban J connectivity index is 1.93. The minimum absolute atomic E-state index is 0.561. The van der Waals surface area contributed by atoms with Crippen molar-refractivity contribution in [3.05, 3.63) is 64.5 Å². The third-order valence-corrected chi connectivity index (χ3v) is 5.68. The Morgan fingerprint density at radius 3 is 2.30 bits per heavy atom. The van der Waals surface area contributed by atoms with Gasteiger partial charge in [-0.2, -0.15) is 0 Å². The summed E-state index contributed by atoms with van der Waals surface area (Å²) < 4.78 is 1.41. The number of rotatable bonds is 5. The Labute approximate surface area is 143 Å². The van der Waals surface area contributed by atoms with E-state index in [1.165, 1.54) is 31.8 Å². The summed E-state index contributed by atoms with van der Waals surface area (Å²) in [7, 11) is 0. The van der Waals surface area contributed by atoms with Crippen molar-refractivity contribution < 1.29 is 0 Å². The van der Waals surface area contributed by atoms with Crippen molar-refractivity contribution in [2.45, 2.75) is 46.1 Å². The molecule has 0 unspecified atom stereocenters. The van der Waals surface area contributed by atoms with E-state index in [0.717, 1.165) is 6.54 Å². The van der Waals surface area contributed by atoms with E-state index in [-0.39, 0.29) is 0 Å². The molecule has 2 heteroatoms. The summed E-state index contributed by atoms with van der Waals surface area (Å²) in [6.07, 6.45) is 0. The van der Waals surface area contributed by atoms with Gasteiger partial charge >= 0.3 is 0 Å². The molecule has 1 N–H and O–H groups in total. The fraction of sp³-hybridized carbons (Fsp3) is 0.333. The topological polar surface area (TPSA) is 12.0 Å². The van der Waals surface area contributed by atoms with Gasteiger partial charge in [-0.05, 0) is 46.5 Å². The number of nitrogens with one attached hydrogen (secondary N) is 1. The SMILES string of the molecule is CC(C)c1sc2ccc(NCc3ccccc3)cc2c1C(C)C. The lowest BCUT2D eigenvalue weighted by Crippen LogP contribution is -1.99. The molecule has 0 saturated carbocycles. The van der Waals surface area contributed by atoms with Gasteiger partial charge in [-0.1, -0.05) is 58.0 Å². The highest BCUT2D eigenvalue weighted by molar-refractivity contribution is 7.19. The molecule has 1 aromatic heterocycles. The molecule has 0 spiro atoms. The first kappa shape index (κ1) is 16.1. The van der Waals surface area contributed by atoms with Gasteiger partial charge in [0.1, 0.15) is 0 Å². The van der Waals surface area contributed by atoms with Crippen LogP contribution in [-0.4, -0.2) is 0 Å². The van der Waals surface area contributed by atoms with Gasteiger partial charge < -0.3 is 5.32 Å². The molecule has 0 saturated heterocycles. The van der Waals surface area contributed by atoms with Gasteiger partial charge in [0.15, 0.2) is 0 Å². The molecule has 0 aliphatic rings. The van der Waals surface area contributed by atoms with Gasteiger partial charge in [0.25, 0.3) is 0 Å². The molecule has 3 rings (SSSR count). The molecular weight excluding hydrogens is 298 g/mol. The Morgan fingerprint density at radius 1 is 0.913 bits per heavy atom. The quantitative estimate of drug-likeness (QED) is 0.547. The van der Waals surface area contributed by atoms with Crippen LogP contribution in [0.3, 0.4) is 0 Å². The van der Waals surface area contributed by atoms with Gasteiger partial charge in [-0.25, -0.2) is 0 Å². The predicted octanol–water partition coefficient (Wildman–Crippen LogP) is 6.76. The molecule has 3 aromatic rings. The van der Waals surface area contributed by atoms with E-state index < -0.39 is 0 Å². The highest BCUT2D eigenvalue weighted by atomic mass is 32.1. The summed E-state index contributed by atoms with van der Waals surface area (Å²) in [6, 6.07) is 17.4. The maximum absolute atomic E-state index is 3.56. The minimum Gasteiger partial charge on any atom is -0.381 e. The molecule has 120 valence electrons. The van der Waals surface area contributed by atoms with Gasteiger partial charge in [-0.15, -0.1) is 11.3 Å². The van der Waals surface area contributed by atoms with Crippen LogP contribution in [0, 0.1) is 0 Å². The van der Waals surface area contributed by atoms with Crippen LogP contribution in [0.25, 0.3) is 10.1 Å². The van der Waals surface area contributed by atoms with E-state index in [1.807, 2.05) is 11.3 Å². The average molecular weight is 324 g/mol. The zero-order valence-corrected chi connectivity index (χ0v) is 15.2. The standard InChI is InChI=1S/C21H25NS/c1-14(2)20-18-12-17(22-13-16-8-6-5-7-9-16)10-11-19(18)23-21(20)15(3)4/h5-12,14-15,22H,13H2,1-4H3. The first-order valence-corrected chi connectivity index (χ1v) is 9.22. The van der Waals surface area contributed by atoms with Gasteiger partial charge in [0.05, 0.1) is 0 Å². The molecule has 0 amide bonds. The maximum atomic E-state index is 3.56. The number of hydrogen-bond acceptors (Lipinski definition) is 2. The lowest BCUT2D eigenvalue weighted by molar-refractivity contribution is 0.815. The van der Waals surface area contributed by atoms with Gasteiger partial charge in [-0.3, -0.25) is 0 Å². The summed E-state index contributed by atoms with van der Waals surface area (Å²) in [6.45, 7) is 10.1. The smallest absolute Gasteiger partial charge is 0.0400 e. The molecule has 23 heavy (non-hydrogen) atoms. The molecule has 1 nitrogen and oxygen atoms in total. The van der Waals surface area contributed by atoms with Crippen molar-refractivity contribution >= 4 is 27.1 Å². The van der Waals surface area contributed by atoms with E-state index in [0.29, 0.717) is 11.8 Å². The zero-order valence-electron chi connectivity index (χ0n) is 14.4. The van der Waals surface area contributed by atoms with Crippen molar-refractivity contribution in [3.8, 4) is 0 Å². The van der Waals surface area contributed by atoms with E-state index >= 15 is 0 Å². The van der Waals surface area contributed by atoms with Crippen LogP contribution in [0.1, 0.15) is 55.5 Å². The van der Waals surface area contributed by atoms with Crippen LogP contribution in [0.2, 0.25) is 0 Å². The fourth-order valence-electron chi connectivity index (χ4n) is 3.07. The third-order valence-electron chi connectivity index (χ3n) is 4.20. The Morgan fingerprint density at radius 2 is 1.65 bits per heavy atom. The molecule has 1 heterocycles. The van der Waals surface area contributed by atoms with Crippen molar-refractivity contribution in [1.82, 2.24) is 0 Å². The molecule has 0 radical (unpaired) electrons. The van der Waals surface area contributed by atoms with E-state index in [2.05, 4.69) is 81.5 Å².